The lowest BCUT2D eigenvalue weighted by Crippen LogP contribution is -2.42. The van der Waals surface area contributed by atoms with Crippen LogP contribution in [0.15, 0.2) is 33.7 Å². The number of likely N-dealkylation sites (tertiary alicyclic amines) is 1. The number of amides is 1. The average Bonchev–Trinajstić information content (AvgIpc) is 3.29. The molecule has 1 unspecified atom stereocenters. The number of carbonyl (C=O) groups excluding carboxylic acids is 1. The molecular formula is C16H23N5O2. The van der Waals surface area contributed by atoms with E-state index in [1.165, 1.54) is 0 Å². The van der Waals surface area contributed by atoms with Crippen molar-refractivity contribution in [2.45, 2.75) is 19.0 Å². The van der Waals surface area contributed by atoms with Crippen LogP contribution in [0.4, 0.5) is 0 Å². The largest absolute Gasteiger partial charge is 0.454 e. The van der Waals surface area contributed by atoms with Gasteiger partial charge in [-0.15, -0.1) is 0 Å². The zero-order valence-corrected chi connectivity index (χ0v) is 13.4. The number of nitrogens with two attached hydrogens (primary N) is 1. The quantitative estimate of drug-likeness (QED) is 0.477. The normalized spacial score (nSPS) is 22.0. The summed E-state index contributed by atoms with van der Waals surface area (Å²) in [5.41, 5.74) is 5.19. The molecule has 0 saturated carbocycles. The van der Waals surface area contributed by atoms with Crippen LogP contribution < -0.4 is 11.1 Å². The van der Waals surface area contributed by atoms with E-state index in [-0.39, 0.29) is 5.76 Å². The number of carbonyl (C=O) groups is 1. The topological polar surface area (TPSA) is 87.1 Å². The lowest BCUT2D eigenvalue weighted by Gasteiger charge is -2.25. The van der Waals surface area contributed by atoms with Crippen molar-refractivity contribution in [2.24, 2.45) is 10.7 Å². The van der Waals surface area contributed by atoms with Gasteiger partial charge in [0.25, 0.3) is 5.91 Å². The van der Waals surface area contributed by atoms with Crippen molar-refractivity contribution < 1.29 is 9.21 Å². The summed E-state index contributed by atoms with van der Waals surface area (Å²) in [4.78, 5) is 20.1. The van der Waals surface area contributed by atoms with E-state index in [4.69, 9.17) is 10.2 Å². The van der Waals surface area contributed by atoms with Crippen LogP contribution in [0.3, 0.4) is 0 Å². The summed E-state index contributed by atoms with van der Waals surface area (Å²) in [5, 5.41) is 3.29. The van der Waals surface area contributed by atoms with E-state index in [9.17, 15) is 4.79 Å². The van der Waals surface area contributed by atoms with E-state index in [0.29, 0.717) is 18.3 Å². The highest BCUT2D eigenvalue weighted by Crippen LogP contribution is 2.18. The molecule has 2 aliphatic rings. The molecule has 1 aromatic heterocycles. The van der Waals surface area contributed by atoms with Gasteiger partial charge in [0.2, 0.25) is 0 Å². The van der Waals surface area contributed by atoms with Crippen LogP contribution in [0, 0.1) is 0 Å². The van der Waals surface area contributed by atoms with Crippen molar-refractivity contribution in [3.8, 4) is 0 Å². The van der Waals surface area contributed by atoms with E-state index in [0.717, 1.165) is 38.6 Å². The monoisotopic (exact) mass is 317 g/mol. The number of hydrogen-bond acceptors (Lipinski definition) is 4. The first-order chi connectivity index (χ1) is 11.2. The number of rotatable bonds is 4. The summed E-state index contributed by atoms with van der Waals surface area (Å²) in [6.07, 6.45) is 5.60. The zero-order valence-electron chi connectivity index (χ0n) is 13.4. The molecule has 2 aliphatic heterocycles. The first kappa shape index (κ1) is 15.6. The Morgan fingerprint density at radius 2 is 2.22 bits per heavy atom. The maximum Gasteiger partial charge on any atom is 0.284 e. The molecule has 3 N–H and O–H groups in total. The molecule has 124 valence electrons. The number of hydrogen-bond donors (Lipinski definition) is 2. The van der Waals surface area contributed by atoms with Crippen LogP contribution in [0.5, 0.6) is 0 Å². The van der Waals surface area contributed by atoms with Crippen molar-refractivity contribution in [3.05, 3.63) is 35.8 Å². The summed E-state index contributed by atoms with van der Waals surface area (Å²) in [6.45, 7) is 4.55. The molecule has 3 heterocycles. The van der Waals surface area contributed by atoms with E-state index in [1.54, 1.807) is 19.2 Å². The highest BCUT2D eigenvalue weighted by atomic mass is 16.3. The fraction of sp³-hybridized carbons (Fsp3) is 0.500. The molecule has 23 heavy (non-hydrogen) atoms. The number of aliphatic imine (C=N–C) groups is 1. The summed E-state index contributed by atoms with van der Waals surface area (Å²) in [7, 11) is 1.78. The Bertz CT molecular complexity index is 614. The first-order valence-corrected chi connectivity index (χ1v) is 7.90. The van der Waals surface area contributed by atoms with Crippen molar-refractivity contribution in [2.75, 3.05) is 33.2 Å². The number of nitrogens with zero attached hydrogens (tertiary/aromatic N) is 3. The maximum absolute atomic E-state index is 11.0. The van der Waals surface area contributed by atoms with Gasteiger partial charge in [-0.1, -0.05) is 12.2 Å². The van der Waals surface area contributed by atoms with E-state index >= 15 is 0 Å². The number of primary amides is 1. The fourth-order valence-electron chi connectivity index (χ4n) is 3.13. The molecule has 1 saturated heterocycles. The number of nitrogens with one attached hydrogen (secondary N) is 1. The van der Waals surface area contributed by atoms with Gasteiger partial charge in [-0.3, -0.25) is 14.7 Å². The van der Waals surface area contributed by atoms with Gasteiger partial charge >= 0.3 is 0 Å². The zero-order chi connectivity index (χ0) is 16.2. The van der Waals surface area contributed by atoms with E-state index in [2.05, 4.69) is 32.3 Å². The van der Waals surface area contributed by atoms with Crippen molar-refractivity contribution in [3.63, 3.8) is 0 Å². The molecule has 0 radical (unpaired) electrons. The van der Waals surface area contributed by atoms with Gasteiger partial charge < -0.3 is 20.4 Å². The van der Waals surface area contributed by atoms with Gasteiger partial charge in [-0.2, -0.15) is 0 Å². The molecule has 1 atom stereocenters. The SMILES string of the molecule is CN=C(NCc1ccc(C(N)=O)o1)N1CCC(N2CC=CC2)C1. The predicted molar refractivity (Wildman–Crippen MR) is 88.1 cm³/mol. The van der Waals surface area contributed by atoms with Crippen molar-refractivity contribution >= 4 is 11.9 Å². The molecule has 0 aliphatic carbocycles. The fourth-order valence-corrected chi connectivity index (χ4v) is 3.13. The van der Waals surface area contributed by atoms with E-state index < -0.39 is 5.91 Å². The predicted octanol–water partition coefficient (Wildman–Crippen LogP) is 0.400. The number of guanidine groups is 1. The summed E-state index contributed by atoms with van der Waals surface area (Å²) < 4.78 is 5.38. The van der Waals surface area contributed by atoms with Crippen molar-refractivity contribution in [1.82, 2.24) is 15.1 Å². The highest BCUT2D eigenvalue weighted by Gasteiger charge is 2.29. The third kappa shape index (κ3) is 3.56. The smallest absolute Gasteiger partial charge is 0.284 e. The molecule has 0 bridgehead atoms. The Labute approximate surface area is 135 Å². The molecule has 0 spiro atoms. The molecule has 3 rings (SSSR count). The second-order valence-electron chi connectivity index (χ2n) is 5.84. The minimum atomic E-state index is -0.553. The van der Waals surface area contributed by atoms with Gasteiger partial charge in [0.15, 0.2) is 11.7 Å². The molecule has 7 heteroatoms. The average molecular weight is 317 g/mol. The Kier molecular flexibility index (Phi) is 4.66. The second kappa shape index (κ2) is 6.87. The van der Waals surface area contributed by atoms with E-state index in [1.807, 2.05) is 0 Å². The Balaban J connectivity index is 1.52. The van der Waals surface area contributed by atoms with Crippen LogP contribution in [0.2, 0.25) is 0 Å². The Morgan fingerprint density at radius 1 is 1.43 bits per heavy atom. The van der Waals surface area contributed by atoms with Gasteiger partial charge in [-0.25, -0.2) is 0 Å². The highest BCUT2D eigenvalue weighted by molar-refractivity contribution is 5.89. The minimum Gasteiger partial charge on any atom is -0.454 e. The van der Waals surface area contributed by atoms with Gasteiger partial charge in [-0.05, 0) is 18.6 Å². The third-order valence-electron chi connectivity index (χ3n) is 4.36. The molecule has 7 nitrogen and oxygen atoms in total. The lowest BCUT2D eigenvalue weighted by atomic mass is 10.2. The Morgan fingerprint density at radius 3 is 2.87 bits per heavy atom. The minimum absolute atomic E-state index is 0.180. The molecule has 1 amide bonds. The van der Waals surface area contributed by atoms with Gasteiger partial charge in [0.1, 0.15) is 5.76 Å². The van der Waals surface area contributed by atoms with Crippen LogP contribution >= 0.6 is 0 Å². The molecule has 0 aromatic carbocycles. The van der Waals surface area contributed by atoms with Crippen molar-refractivity contribution in [1.29, 1.82) is 0 Å². The molecular weight excluding hydrogens is 294 g/mol. The standard InChI is InChI=1S/C16H23N5O2/c1-18-16(19-10-13-4-5-14(23-13)15(17)22)21-9-6-12(11-21)20-7-2-3-8-20/h2-5,12H,6-11H2,1H3,(H2,17,22)(H,18,19). The first-order valence-electron chi connectivity index (χ1n) is 7.90. The maximum atomic E-state index is 11.0. The van der Waals surface area contributed by atoms with Crippen LogP contribution in [-0.2, 0) is 6.54 Å². The van der Waals surface area contributed by atoms with Crippen LogP contribution in [0.25, 0.3) is 0 Å². The second-order valence-corrected chi connectivity index (χ2v) is 5.84. The van der Waals surface area contributed by atoms with Gasteiger partial charge in [0, 0.05) is 39.3 Å². The van der Waals surface area contributed by atoms with Crippen LogP contribution in [-0.4, -0.2) is 60.9 Å². The summed E-state index contributed by atoms with van der Waals surface area (Å²) in [6, 6.07) is 3.92. The number of furan rings is 1. The molecule has 1 aromatic rings. The summed E-state index contributed by atoms with van der Waals surface area (Å²) in [5.74, 6) is 1.15. The third-order valence-corrected chi connectivity index (χ3v) is 4.36. The lowest BCUT2D eigenvalue weighted by molar-refractivity contribution is 0.0972. The molecule has 1 fully saturated rings. The Hall–Kier alpha value is -2.28. The summed E-state index contributed by atoms with van der Waals surface area (Å²) >= 11 is 0. The van der Waals surface area contributed by atoms with Crippen LogP contribution in [0.1, 0.15) is 22.7 Å². The van der Waals surface area contributed by atoms with Gasteiger partial charge in [0.05, 0.1) is 6.54 Å².